The standard InChI is InChI=1S/C62H68N3O.Pt/c1-37(2)44-33-52(38(3)4)58(66)53(34-44)59-64-57-51(46-28-47(32-48(31-46)60(7,8)9)54-35-43(25-26-63-54)41-21-19-39(5)20-22-41)17-16-18-56(57)65(59)55-24-23-42(27-40(55)6)45-29-49(61(10,11)12)36-50(30-45)62(13,14)15;/h16-27,29-38,66H,1-15H3;/q-1;/i5D3,6D3;. The van der Waals surface area contributed by atoms with Crippen molar-refractivity contribution in [2.75, 3.05) is 0 Å². The van der Waals surface area contributed by atoms with Crippen molar-refractivity contribution >= 4 is 11.0 Å². The number of imidazole rings is 1. The molecule has 1 N–H and O–H groups in total. The van der Waals surface area contributed by atoms with E-state index in [1.165, 1.54) is 11.1 Å². The van der Waals surface area contributed by atoms with E-state index in [1.54, 1.807) is 18.3 Å². The second kappa shape index (κ2) is 18.5. The van der Waals surface area contributed by atoms with Crippen LogP contribution in [0.4, 0.5) is 0 Å². The van der Waals surface area contributed by atoms with E-state index in [0.717, 1.165) is 55.6 Å². The minimum Gasteiger partial charge on any atom is -0.507 e. The van der Waals surface area contributed by atoms with Crippen LogP contribution in [0, 0.1) is 19.8 Å². The topological polar surface area (TPSA) is 50.9 Å². The smallest absolute Gasteiger partial charge is 0.148 e. The van der Waals surface area contributed by atoms with Gasteiger partial charge in [0.25, 0.3) is 0 Å². The number of nitrogens with zero attached hydrogens (tertiary/aromatic N) is 3. The Bertz CT molecular complexity index is 3310. The fraction of sp³-hybridized carbons (Fsp3) is 0.323. The fourth-order valence-corrected chi connectivity index (χ4v) is 8.64. The number of hydrogen-bond donors (Lipinski definition) is 1. The molecule has 67 heavy (non-hydrogen) atoms. The second-order valence-corrected chi connectivity index (χ2v) is 21.7. The molecule has 0 unspecified atom stereocenters. The largest absolute Gasteiger partial charge is 0.507 e. The maximum atomic E-state index is 12.3. The average molecular weight is 1070 g/mol. The van der Waals surface area contributed by atoms with Gasteiger partial charge in [0.05, 0.1) is 22.3 Å². The Labute approximate surface area is 423 Å². The normalized spacial score (nSPS) is 14.0. The van der Waals surface area contributed by atoms with Gasteiger partial charge >= 0.3 is 0 Å². The number of hydrogen-bond acceptors (Lipinski definition) is 3. The molecule has 0 saturated heterocycles. The number of aromatic nitrogens is 3. The zero-order chi connectivity index (χ0) is 52.6. The van der Waals surface area contributed by atoms with E-state index >= 15 is 0 Å². The first-order valence-corrected chi connectivity index (χ1v) is 23.3. The summed E-state index contributed by atoms with van der Waals surface area (Å²) in [6, 6.07) is 41.2. The molecule has 0 spiro atoms. The summed E-state index contributed by atoms with van der Waals surface area (Å²) in [5.41, 5.74) is 13.8. The molecule has 2 aromatic heterocycles. The molecule has 348 valence electrons. The third kappa shape index (κ3) is 10.0. The molecule has 8 rings (SSSR count). The van der Waals surface area contributed by atoms with Crippen LogP contribution in [0.1, 0.15) is 149 Å². The van der Waals surface area contributed by atoms with E-state index in [4.69, 9.17) is 18.2 Å². The van der Waals surface area contributed by atoms with Gasteiger partial charge in [0.15, 0.2) is 0 Å². The summed E-state index contributed by atoms with van der Waals surface area (Å²) in [5, 5.41) is 12.3. The molecule has 0 aliphatic carbocycles. The van der Waals surface area contributed by atoms with Gasteiger partial charge in [-0.3, -0.25) is 9.55 Å². The molecular formula is C62H68N3OPt-. The van der Waals surface area contributed by atoms with Crippen molar-refractivity contribution in [3.63, 3.8) is 0 Å². The van der Waals surface area contributed by atoms with Gasteiger partial charge in [-0.2, -0.15) is 0 Å². The summed E-state index contributed by atoms with van der Waals surface area (Å²) < 4.78 is 52.9. The van der Waals surface area contributed by atoms with Crippen molar-refractivity contribution in [3.8, 4) is 67.5 Å². The van der Waals surface area contributed by atoms with Crippen LogP contribution in [0.2, 0.25) is 0 Å². The molecule has 0 fully saturated rings. The van der Waals surface area contributed by atoms with Crippen molar-refractivity contribution < 1.29 is 34.4 Å². The van der Waals surface area contributed by atoms with Gasteiger partial charge in [-0.1, -0.05) is 179 Å². The van der Waals surface area contributed by atoms with Crippen LogP contribution in [0.25, 0.3) is 72.7 Å². The second-order valence-electron chi connectivity index (χ2n) is 21.7. The maximum Gasteiger partial charge on any atom is 0.148 e. The first kappa shape index (κ1) is 41.6. The van der Waals surface area contributed by atoms with E-state index in [0.29, 0.717) is 33.8 Å². The van der Waals surface area contributed by atoms with E-state index in [2.05, 4.69) is 132 Å². The number of fused-ring (bicyclic) bond motifs is 1. The summed E-state index contributed by atoms with van der Waals surface area (Å²) in [6.07, 6.45) is 1.76. The Morgan fingerprint density at radius 1 is 0.597 bits per heavy atom. The van der Waals surface area contributed by atoms with Crippen molar-refractivity contribution in [2.45, 2.75) is 132 Å². The Morgan fingerprint density at radius 2 is 1.22 bits per heavy atom. The van der Waals surface area contributed by atoms with Gasteiger partial charge in [0, 0.05) is 41.2 Å². The Balaban J connectivity index is 0.00000780. The zero-order valence-corrected chi connectivity index (χ0v) is 43.6. The molecule has 0 radical (unpaired) electrons. The van der Waals surface area contributed by atoms with Crippen LogP contribution in [0.3, 0.4) is 0 Å². The molecule has 0 amide bonds. The number of rotatable bonds is 8. The third-order valence-electron chi connectivity index (χ3n) is 12.9. The van der Waals surface area contributed by atoms with Gasteiger partial charge in [-0.25, -0.2) is 4.98 Å². The Kier molecular flexibility index (Phi) is 11.5. The summed E-state index contributed by atoms with van der Waals surface area (Å²) in [4.78, 5) is 10.3. The quantitative estimate of drug-likeness (QED) is 0.154. The number of phenolic OH excluding ortho intramolecular Hbond substituents is 1. The van der Waals surface area contributed by atoms with Crippen molar-refractivity contribution in [2.24, 2.45) is 0 Å². The minimum atomic E-state index is -2.54. The molecule has 6 aromatic carbocycles. The molecule has 0 bridgehead atoms. The van der Waals surface area contributed by atoms with Crippen molar-refractivity contribution in [3.05, 3.63) is 166 Å². The van der Waals surface area contributed by atoms with Gasteiger partial charge in [-0.15, -0.1) is 29.3 Å². The predicted octanol–water partition coefficient (Wildman–Crippen LogP) is 17.0. The first-order chi connectivity index (χ1) is 33.4. The summed E-state index contributed by atoms with van der Waals surface area (Å²) in [5.74, 6) is 0.649. The molecule has 5 heteroatoms. The average Bonchev–Trinajstić information content (AvgIpc) is 3.69. The minimum absolute atomic E-state index is 0. The van der Waals surface area contributed by atoms with Gasteiger partial charge in [0.2, 0.25) is 0 Å². The maximum absolute atomic E-state index is 12.3. The van der Waals surface area contributed by atoms with Crippen LogP contribution >= 0.6 is 0 Å². The first-order valence-electron chi connectivity index (χ1n) is 26.3. The molecule has 4 nitrogen and oxygen atoms in total. The van der Waals surface area contributed by atoms with Crippen LogP contribution < -0.4 is 0 Å². The molecule has 8 aromatic rings. The van der Waals surface area contributed by atoms with E-state index in [9.17, 15) is 5.11 Å². The fourth-order valence-electron chi connectivity index (χ4n) is 8.64. The molecule has 0 atom stereocenters. The Hall–Kier alpha value is -5.57. The van der Waals surface area contributed by atoms with Crippen LogP contribution in [0.5, 0.6) is 5.75 Å². The van der Waals surface area contributed by atoms with Crippen molar-refractivity contribution in [1.82, 2.24) is 14.5 Å². The van der Waals surface area contributed by atoms with E-state index < -0.39 is 13.7 Å². The zero-order valence-electron chi connectivity index (χ0n) is 47.3. The Morgan fingerprint density at radius 3 is 1.84 bits per heavy atom. The van der Waals surface area contributed by atoms with Crippen molar-refractivity contribution in [1.29, 1.82) is 0 Å². The van der Waals surface area contributed by atoms with Crippen LogP contribution in [-0.2, 0) is 37.3 Å². The van der Waals surface area contributed by atoms with Gasteiger partial charge in [0.1, 0.15) is 11.6 Å². The molecular weight excluding hydrogens is 998 g/mol. The molecule has 0 aliphatic rings. The summed E-state index contributed by atoms with van der Waals surface area (Å²) in [6.45, 7) is 23.3. The van der Waals surface area contributed by atoms with Gasteiger partial charge in [-0.05, 0) is 122 Å². The number of pyridine rings is 1. The van der Waals surface area contributed by atoms with E-state index in [1.807, 2.05) is 71.3 Å². The molecule has 0 aliphatic heterocycles. The third-order valence-corrected chi connectivity index (χ3v) is 12.9. The molecule has 2 heterocycles. The summed E-state index contributed by atoms with van der Waals surface area (Å²) >= 11 is 0. The summed E-state index contributed by atoms with van der Waals surface area (Å²) in [7, 11) is 0. The molecule has 0 saturated carbocycles. The number of para-hydroxylation sites is 1. The monoisotopic (exact) mass is 1070 g/mol. The number of aryl methyl sites for hydroxylation is 2. The van der Waals surface area contributed by atoms with E-state index in [-0.39, 0.29) is 66.0 Å². The number of aromatic hydroxyl groups is 1. The number of benzene rings is 6. The number of phenols is 1. The SMILES string of the molecule is [2H]C([2H])([2H])c1ccc(-c2ccnc(-c3[c-]c(-c4cccc5c4nc(-c4cc(C(C)C)cc(C(C)C)c4O)n5-c4ccc(-c5cc(C(C)(C)C)cc(C(C)(C)C)c5)cc4C([2H])([2H])[2H])cc(C(C)(C)C)c3)c2)cc1.[Pt]. The predicted molar refractivity (Wildman–Crippen MR) is 280 cm³/mol. The van der Waals surface area contributed by atoms with Gasteiger partial charge < -0.3 is 5.11 Å². The van der Waals surface area contributed by atoms with Crippen LogP contribution in [0.15, 0.2) is 121 Å². The van der Waals surface area contributed by atoms with Crippen LogP contribution in [-0.4, -0.2) is 19.6 Å².